The number of rotatable bonds is 7. The van der Waals surface area contributed by atoms with Crippen LogP contribution in [-0.4, -0.2) is 96.5 Å². The van der Waals surface area contributed by atoms with Gasteiger partial charge in [-0.25, -0.2) is 14.8 Å². The second kappa shape index (κ2) is 11.8. The summed E-state index contributed by atoms with van der Waals surface area (Å²) >= 11 is 0. The van der Waals surface area contributed by atoms with Crippen molar-refractivity contribution in [3.8, 4) is 0 Å². The zero-order chi connectivity index (χ0) is 26.5. The maximum atomic E-state index is 12.5. The van der Waals surface area contributed by atoms with Gasteiger partial charge in [-0.15, -0.1) is 0 Å². The van der Waals surface area contributed by atoms with E-state index in [4.69, 9.17) is 10.7 Å². The molecule has 1 aromatic carbocycles. The highest BCUT2D eigenvalue weighted by Crippen LogP contribution is 2.30. The van der Waals surface area contributed by atoms with Crippen molar-refractivity contribution in [3.05, 3.63) is 41.7 Å². The molecule has 0 bridgehead atoms. The molecule has 3 N–H and O–H groups in total. The van der Waals surface area contributed by atoms with Gasteiger partial charge in [0.15, 0.2) is 11.5 Å². The van der Waals surface area contributed by atoms with Gasteiger partial charge in [0.2, 0.25) is 0 Å². The van der Waals surface area contributed by atoms with E-state index in [1.807, 2.05) is 19.2 Å². The number of aromatic nitrogens is 2. The number of hydrogen-bond donors (Lipinski definition) is 2. The number of benzene rings is 1. The molecular formula is C27H40N8O2. The number of carbonyl (C=O) groups excluding carboxylic acids is 2. The molecule has 2 aromatic rings. The molecule has 37 heavy (non-hydrogen) atoms. The third-order valence-electron chi connectivity index (χ3n) is 7.63. The molecule has 0 radical (unpaired) electrons. The molecule has 0 unspecified atom stereocenters. The Bertz CT molecular complexity index is 1080. The van der Waals surface area contributed by atoms with E-state index in [1.54, 1.807) is 30.1 Å². The van der Waals surface area contributed by atoms with Crippen molar-refractivity contribution in [1.82, 2.24) is 24.7 Å². The number of nitrogens with two attached hydrogens (primary N) is 1. The summed E-state index contributed by atoms with van der Waals surface area (Å²) in [4.78, 5) is 41.6. The summed E-state index contributed by atoms with van der Waals surface area (Å²) in [6, 6.07) is 8.41. The molecule has 10 heteroatoms. The number of nitrogens with zero attached hydrogens (tertiary/aromatic N) is 6. The zero-order valence-corrected chi connectivity index (χ0v) is 22.5. The standard InChI is InChI=1S/C27H40N8O2/c1-5-34-15-12-20(13-16-34)19-8-10-21(11-9-19)30-26-24(25(28)36)29-17-23(31-26)35-14-6-7-22(18-35)33(4)27(37)32(2)3/h8-11,17,20,22H,5-7,12-16,18H2,1-4H3,(H2,28,36)(H,30,31)/t22-/m1/s1. The normalized spacial score (nSPS) is 18.9. The van der Waals surface area contributed by atoms with Crippen molar-refractivity contribution in [2.45, 2.75) is 44.6 Å². The number of amides is 3. The number of anilines is 3. The third kappa shape index (κ3) is 6.30. The number of nitrogens with one attached hydrogen (secondary N) is 1. The van der Waals surface area contributed by atoms with Gasteiger partial charge in [-0.1, -0.05) is 19.1 Å². The van der Waals surface area contributed by atoms with Crippen molar-refractivity contribution < 1.29 is 9.59 Å². The van der Waals surface area contributed by atoms with Crippen LogP contribution in [-0.2, 0) is 0 Å². The van der Waals surface area contributed by atoms with E-state index in [0.717, 1.165) is 44.7 Å². The lowest BCUT2D eigenvalue weighted by Gasteiger charge is -2.39. The minimum atomic E-state index is -0.631. The molecule has 10 nitrogen and oxygen atoms in total. The number of urea groups is 1. The van der Waals surface area contributed by atoms with Crippen molar-refractivity contribution in [2.24, 2.45) is 5.73 Å². The van der Waals surface area contributed by atoms with Crippen LogP contribution in [0.15, 0.2) is 30.5 Å². The summed E-state index contributed by atoms with van der Waals surface area (Å²) in [5.74, 6) is 0.940. The Hall–Kier alpha value is -3.40. The average molecular weight is 509 g/mol. The predicted molar refractivity (Wildman–Crippen MR) is 146 cm³/mol. The van der Waals surface area contributed by atoms with Crippen LogP contribution in [0.1, 0.15) is 54.6 Å². The Morgan fingerprint density at radius 2 is 1.78 bits per heavy atom. The molecule has 2 aliphatic rings. The second-order valence-corrected chi connectivity index (χ2v) is 10.3. The van der Waals surface area contributed by atoms with E-state index in [0.29, 0.717) is 24.1 Å². The van der Waals surface area contributed by atoms with Crippen LogP contribution in [0.3, 0.4) is 0 Å². The van der Waals surface area contributed by atoms with E-state index in [1.165, 1.54) is 18.4 Å². The molecule has 1 atom stereocenters. The Balaban J connectivity index is 1.48. The Labute approximate surface area is 219 Å². The fraction of sp³-hybridized carbons (Fsp3) is 0.556. The number of primary amides is 1. The molecule has 0 aliphatic carbocycles. The molecule has 2 saturated heterocycles. The van der Waals surface area contributed by atoms with Crippen molar-refractivity contribution >= 4 is 29.3 Å². The van der Waals surface area contributed by atoms with Gasteiger partial charge in [0.25, 0.3) is 5.91 Å². The molecule has 3 heterocycles. The molecule has 2 fully saturated rings. The van der Waals surface area contributed by atoms with E-state index in [9.17, 15) is 9.59 Å². The molecule has 0 saturated carbocycles. The largest absolute Gasteiger partial charge is 0.364 e. The lowest BCUT2D eigenvalue weighted by molar-refractivity contribution is 0.0996. The summed E-state index contributed by atoms with van der Waals surface area (Å²) in [5.41, 5.74) is 7.89. The maximum Gasteiger partial charge on any atom is 0.319 e. The lowest BCUT2D eigenvalue weighted by Crippen LogP contribution is -2.51. The Morgan fingerprint density at radius 3 is 2.41 bits per heavy atom. The second-order valence-electron chi connectivity index (χ2n) is 10.3. The van der Waals surface area contributed by atoms with Gasteiger partial charge in [-0.2, -0.15) is 0 Å². The summed E-state index contributed by atoms with van der Waals surface area (Å²) in [6.45, 7) is 7.06. The summed E-state index contributed by atoms with van der Waals surface area (Å²) < 4.78 is 0. The van der Waals surface area contributed by atoms with Gasteiger partial charge in [0.1, 0.15) is 5.82 Å². The highest BCUT2D eigenvalue weighted by Gasteiger charge is 2.28. The van der Waals surface area contributed by atoms with Crippen molar-refractivity contribution in [3.63, 3.8) is 0 Å². The van der Waals surface area contributed by atoms with E-state index < -0.39 is 5.91 Å². The van der Waals surface area contributed by atoms with Gasteiger partial charge in [-0.05, 0) is 68.9 Å². The number of piperidine rings is 2. The van der Waals surface area contributed by atoms with Gasteiger partial charge < -0.3 is 30.7 Å². The van der Waals surface area contributed by atoms with Gasteiger partial charge >= 0.3 is 6.03 Å². The van der Waals surface area contributed by atoms with Crippen LogP contribution in [0.4, 0.5) is 22.1 Å². The topological polar surface area (TPSA) is 111 Å². The van der Waals surface area contributed by atoms with Crippen molar-refractivity contribution in [1.29, 1.82) is 0 Å². The first-order chi connectivity index (χ1) is 17.8. The molecule has 0 spiro atoms. The first-order valence-corrected chi connectivity index (χ1v) is 13.2. The Kier molecular flexibility index (Phi) is 8.48. The maximum absolute atomic E-state index is 12.5. The third-order valence-corrected chi connectivity index (χ3v) is 7.63. The van der Waals surface area contributed by atoms with Crippen LogP contribution in [0, 0.1) is 0 Å². The number of hydrogen-bond acceptors (Lipinski definition) is 7. The number of likely N-dealkylation sites (tertiary alicyclic amines) is 1. The zero-order valence-electron chi connectivity index (χ0n) is 22.5. The van der Waals surface area contributed by atoms with Crippen LogP contribution in [0.25, 0.3) is 0 Å². The summed E-state index contributed by atoms with van der Waals surface area (Å²) in [6.07, 6.45) is 5.79. The minimum absolute atomic E-state index is 0.0243. The number of likely N-dealkylation sites (N-methyl/N-ethyl adjacent to an activating group) is 1. The molecular weight excluding hydrogens is 468 g/mol. The summed E-state index contributed by atoms with van der Waals surface area (Å²) in [7, 11) is 5.35. The van der Waals surface area contributed by atoms with Crippen LogP contribution < -0.4 is 16.0 Å². The van der Waals surface area contributed by atoms with E-state index in [-0.39, 0.29) is 17.8 Å². The Morgan fingerprint density at radius 1 is 1.08 bits per heavy atom. The predicted octanol–water partition coefficient (Wildman–Crippen LogP) is 3.10. The fourth-order valence-electron chi connectivity index (χ4n) is 5.31. The molecule has 1 aromatic heterocycles. The van der Waals surface area contributed by atoms with Gasteiger partial charge in [0.05, 0.1) is 12.2 Å². The quantitative estimate of drug-likeness (QED) is 0.591. The first kappa shape index (κ1) is 26.7. The average Bonchev–Trinajstić information content (AvgIpc) is 2.92. The number of carbonyl (C=O) groups is 2. The van der Waals surface area contributed by atoms with Gasteiger partial charge in [-0.3, -0.25) is 4.79 Å². The fourth-order valence-corrected chi connectivity index (χ4v) is 5.31. The highest BCUT2D eigenvalue weighted by atomic mass is 16.2. The van der Waals surface area contributed by atoms with Crippen molar-refractivity contribution in [2.75, 3.05) is 64.1 Å². The van der Waals surface area contributed by atoms with E-state index in [2.05, 4.69) is 39.2 Å². The minimum Gasteiger partial charge on any atom is -0.364 e. The van der Waals surface area contributed by atoms with Crippen LogP contribution >= 0.6 is 0 Å². The SMILES string of the molecule is CCN1CCC(c2ccc(Nc3nc(N4CCC[C@@H](N(C)C(=O)N(C)C)C4)cnc3C(N)=O)cc2)CC1. The first-order valence-electron chi connectivity index (χ1n) is 13.2. The van der Waals surface area contributed by atoms with Crippen LogP contribution in [0.5, 0.6) is 0 Å². The molecule has 4 rings (SSSR count). The van der Waals surface area contributed by atoms with Crippen LogP contribution in [0.2, 0.25) is 0 Å². The smallest absolute Gasteiger partial charge is 0.319 e. The monoisotopic (exact) mass is 508 g/mol. The van der Waals surface area contributed by atoms with Gasteiger partial charge in [0, 0.05) is 39.9 Å². The lowest BCUT2D eigenvalue weighted by atomic mass is 9.89. The molecule has 200 valence electrons. The molecule has 2 aliphatic heterocycles. The highest BCUT2D eigenvalue weighted by molar-refractivity contribution is 5.96. The molecule has 3 amide bonds. The van der Waals surface area contributed by atoms with E-state index >= 15 is 0 Å². The summed E-state index contributed by atoms with van der Waals surface area (Å²) in [5, 5.41) is 3.27.